The Morgan fingerprint density at radius 3 is 1.33 bits per heavy atom. The van der Waals surface area contributed by atoms with Gasteiger partial charge in [-0.3, -0.25) is 0 Å². The van der Waals surface area contributed by atoms with Crippen molar-refractivity contribution < 1.29 is 0 Å². The molecule has 0 bridgehead atoms. The molecule has 2 aliphatic rings. The van der Waals surface area contributed by atoms with E-state index in [1.54, 1.807) is 19.3 Å². The molecule has 0 saturated heterocycles. The average molecular weight is 192 g/mol. The fraction of sp³-hybridized carbons (Fsp3) is 1.00. The predicted molar refractivity (Wildman–Crippen MR) is 47.2 cm³/mol. The van der Waals surface area contributed by atoms with Crippen LogP contribution in [-0.4, -0.2) is 0 Å². The molecule has 2 atom stereocenters. The molecule has 2 rings (SSSR count). The maximum atomic E-state index is 1.58. The lowest BCUT2D eigenvalue weighted by molar-refractivity contribution is 0.735. The molecule has 0 spiro atoms. The SMILES string of the molecule is C1CC2CC2C1.Cl.Cl.Cl. The Labute approximate surface area is 75.0 Å². The first-order chi connectivity index (χ1) is 2.97. The Morgan fingerprint density at radius 2 is 1.22 bits per heavy atom. The third kappa shape index (κ3) is 2.53. The monoisotopic (exact) mass is 190 g/mol. The molecule has 0 aromatic rings. The van der Waals surface area contributed by atoms with Gasteiger partial charge in [-0.25, -0.2) is 0 Å². The van der Waals surface area contributed by atoms with Gasteiger partial charge in [0.1, 0.15) is 0 Å². The van der Waals surface area contributed by atoms with Gasteiger partial charge in [-0.1, -0.05) is 19.3 Å². The fourth-order valence-corrected chi connectivity index (χ4v) is 1.66. The minimum Gasteiger partial charge on any atom is -0.147 e. The first kappa shape index (κ1) is 12.5. The fourth-order valence-electron chi connectivity index (χ4n) is 1.66. The van der Waals surface area contributed by atoms with Crippen molar-refractivity contribution in [3.05, 3.63) is 0 Å². The van der Waals surface area contributed by atoms with Crippen LogP contribution in [0, 0.1) is 11.8 Å². The number of hydrogen-bond donors (Lipinski definition) is 0. The van der Waals surface area contributed by atoms with Crippen molar-refractivity contribution in [1.29, 1.82) is 0 Å². The van der Waals surface area contributed by atoms with Crippen molar-refractivity contribution >= 4 is 37.2 Å². The second-order valence-corrected chi connectivity index (χ2v) is 2.69. The predicted octanol–water partition coefficient (Wildman–Crippen LogP) is 3.07. The summed E-state index contributed by atoms with van der Waals surface area (Å²) in [6.45, 7) is 0. The summed E-state index contributed by atoms with van der Waals surface area (Å²) in [5, 5.41) is 0. The Morgan fingerprint density at radius 1 is 0.778 bits per heavy atom. The molecule has 3 heteroatoms. The van der Waals surface area contributed by atoms with Gasteiger partial charge in [-0.15, -0.1) is 37.2 Å². The molecule has 2 aliphatic carbocycles. The van der Waals surface area contributed by atoms with Gasteiger partial charge in [0.05, 0.1) is 0 Å². The van der Waals surface area contributed by atoms with Crippen LogP contribution in [0.2, 0.25) is 0 Å². The minimum atomic E-state index is 0. The second-order valence-electron chi connectivity index (χ2n) is 2.69. The van der Waals surface area contributed by atoms with Crippen LogP contribution in [-0.2, 0) is 0 Å². The summed E-state index contributed by atoms with van der Waals surface area (Å²) in [5.41, 5.74) is 0. The van der Waals surface area contributed by atoms with E-state index in [1.165, 1.54) is 18.3 Å². The summed E-state index contributed by atoms with van der Waals surface area (Å²) in [5.74, 6) is 2.43. The zero-order chi connectivity index (χ0) is 3.98. The van der Waals surface area contributed by atoms with E-state index < -0.39 is 0 Å². The number of hydrogen-bond acceptors (Lipinski definition) is 0. The van der Waals surface area contributed by atoms with E-state index in [1.807, 2.05) is 0 Å². The summed E-state index contributed by atoms with van der Waals surface area (Å²) in [7, 11) is 0. The third-order valence-electron chi connectivity index (χ3n) is 2.22. The maximum absolute atomic E-state index is 1.58. The van der Waals surface area contributed by atoms with Gasteiger partial charge in [0.15, 0.2) is 0 Å². The average Bonchev–Trinajstić information content (AvgIpc) is 2.17. The molecule has 0 aliphatic heterocycles. The standard InChI is InChI=1S/C6H10.3ClH/c1-2-5-4-6(5)3-1;;;/h5-6H,1-4H2;3*1H. The van der Waals surface area contributed by atoms with E-state index in [4.69, 9.17) is 0 Å². The molecule has 0 amide bonds. The highest BCUT2D eigenvalue weighted by Crippen LogP contribution is 2.51. The molecule has 58 valence electrons. The van der Waals surface area contributed by atoms with E-state index in [2.05, 4.69) is 0 Å². The van der Waals surface area contributed by atoms with Gasteiger partial charge in [0.2, 0.25) is 0 Å². The lowest BCUT2D eigenvalue weighted by Crippen LogP contribution is -1.64. The molecular formula is C6H13Cl3. The molecule has 0 radical (unpaired) electrons. The zero-order valence-electron chi connectivity index (χ0n) is 5.21. The van der Waals surface area contributed by atoms with E-state index in [-0.39, 0.29) is 37.2 Å². The molecule has 2 fully saturated rings. The van der Waals surface area contributed by atoms with Crippen molar-refractivity contribution in [3.8, 4) is 0 Å². The maximum Gasteiger partial charge on any atom is -0.0383 e. The topological polar surface area (TPSA) is 0 Å². The van der Waals surface area contributed by atoms with Gasteiger partial charge in [-0.05, 0) is 18.3 Å². The van der Waals surface area contributed by atoms with Gasteiger partial charge in [0.25, 0.3) is 0 Å². The highest BCUT2D eigenvalue weighted by molar-refractivity contribution is 5.86. The minimum absolute atomic E-state index is 0. The summed E-state index contributed by atoms with van der Waals surface area (Å²) in [4.78, 5) is 0. The first-order valence-electron chi connectivity index (χ1n) is 2.97. The van der Waals surface area contributed by atoms with Crippen molar-refractivity contribution in [2.24, 2.45) is 11.8 Å². The quantitative estimate of drug-likeness (QED) is 0.552. The van der Waals surface area contributed by atoms with Gasteiger partial charge < -0.3 is 0 Å². The van der Waals surface area contributed by atoms with E-state index in [0.29, 0.717) is 0 Å². The summed E-state index contributed by atoms with van der Waals surface area (Å²) < 4.78 is 0. The lowest BCUT2D eigenvalue weighted by Gasteiger charge is -1.80. The van der Waals surface area contributed by atoms with Crippen LogP contribution in [0.5, 0.6) is 0 Å². The van der Waals surface area contributed by atoms with Crippen LogP contribution in [0.3, 0.4) is 0 Å². The molecule has 9 heavy (non-hydrogen) atoms. The normalized spacial score (nSPS) is 34.7. The van der Waals surface area contributed by atoms with Crippen LogP contribution in [0.1, 0.15) is 25.7 Å². The van der Waals surface area contributed by atoms with Crippen LogP contribution >= 0.6 is 37.2 Å². The first-order valence-corrected chi connectivity index (χ1v) is 2.97. The molecule has 0 aromatic heterocycles. The molecular weight excluding hydrogens is 178 g/mol. The summed E-state index contributed by atoms with van der Waals surface area (Å²) >= 11 is 0. The van der Waals surface area contributed by atoms with Crippen molar-refractivity contribution in [2.45, 2.75) is 25.7 Å². The molecule has 0 nitrogen and oxygen atoms in total. The lowest BCUT2D eigenvalue weighted by atomic mass is 10.3. The van der Waals surface area contributed by atoms with Crippen molar-refractivity contribution in [2.75, 3.05) is 0 Å². The smallest absolute Gasteiger partial charge is 0.0383 e. The second kappa shape index (κ2) is 4.65. The van der Waals surface area contributed by atoms with E-state index in [0.717, 1.165) is 0 Å². The molecule has 2 unspecified atom stereocenters. The number of halogens is 3. The van der Waals surface area contributed by atoms with Gasteiger partial charge in [0, 0.05) is 0 Å². The summed E-state index contributed by atoms with van der Waals surface area (Å²) in [6.07, 6.45) is 6.24. The number of fused-ring (bicyclic) bond motifs is 1. The van der Waals surface area contributed by atoms with Gasteiger partial charge >= 0.3 is 0 Å². The number of rotatable bonds is 0. The van der Waals surface area contributed by atoms with Crippen molar-refractivity contribution in [3.63, 3.8) is 0 Å². The largest absolute Gasteiger partial charge is 0.147 e. The van der Waals surface area contributed by atoms with E-state index >= 15 is 0 Å². The highest BCUT2D eigenvalue weighted by Gasteiger charge is 2.40. The van der Waals surface area contributed by atoms with E-state index in [9.17, 15) is 0 Å². The third-order valence-corrected chi connectivity index (χ3v) is 2.22. The Bertz CT molecular complexity index is 66.7. The zero-order valence-corrected chi connectivity index (χ0v) is 7.66. The summed E-state index contributed by atoms with van der Waals surface area (Å²) in [6, 6.07) is 0. The van der Waals surface area contributed by atoms with Crippen LogP contribution in [0.25, 0.3) is 0 Å². The molecule has 0 aromatic carbocycles. The van der Waals surface area contributed by atoms with Crippen LogP contribution in [0.15, 0.2) is 0 Å². The van der Waals surface area contributed by atoms with Crippen LogP contribution in [0.4, 0.5) is 0 Å². The molecule has 0 N–H and O–H groups in total. The van der Waals surface area contributed by atoms with Crippen LogP contribution < -0.4 is 0 Å². The Kier molecular flexibility index (Phi) is 6.48. The Balaban J connectivity index is 0. The Hall–Kier alpha value is 0.870. The molecule has 0 heterocycles. The molecule has 2 saturated carbocycles. The highest BCUT2D eigenvalue weighted by atomic mass is 35.5. The van der Waals surface area contributed by atoms with Gasteiger partial charge in [-0.2, -0.15) is 0 Å². The van der Waals surface area contributed by atoms with Crippen molar-refractivity contribution in [1.82, 2.24) is 0 Å².